The molecule has 5 nitrogen and oxygen atoms in total. The smallest absolute Gasteiger partial charge is 0.308 e. The highest BCUT2D eigenvalue weighted by molar-refractivity contribution is 7.98. The molecule has 0 aromatic heterocycles. The van der Waals surface area contributed by atoms with Gasteiger partial charge < -0.3 is 15.2 Å². The van der Waals surface area contributed by atoms with Crippen LogP contribution in [0.4, 0.5) is 4.39 Å². The molecule has 1 unspecified atom stereocenters. The number of carboxylic acids is 1. The van der Waals surface area contributed by atoms with Crippen molar-refractivity contribution in [3.05, 3.63) is 29.6 Å². The van der Waals surface area contributed by atoms with Gasteiger partial charge in [0.2, 0.25) is 0 Å². The Morgan fingerprint density at radius 1 is 1.43 bits per heavy atom. The summed E-state index contributed by atoms with van der Waals surface area (Å²) in [5.41, 5.74) is 0.326. The Hall–Kier alpha value is -1.60. The van der Waals surface area contributed by atoms with Crippen LogP contribution in [-0.4, -0.2) is 43.0 Å². The van der Waals surface area contributed by atoms with Crippen LogP contribution in [0, 0.1) is 17.7 Å². The molecule has 1 aromatic rings. The van der Waals surface area contributed by atoms with Gasteiger partial charge in [0.05, 0.1) is 5.92 Å². The number of rotatable bonds is 6. The van der Waals surface area contributed by atoms with Gasteiger partial charge in [-0.3, -0.25) is 9.59 Å². The topological polar surface area (TPSA) is 75.6 Å². The van der Waals surface area contributed by atoms with Gasteiger partial charge in [-0.15, -0.1) is 11.8 Å². The highest BCUT2D eigenvalue weighted by atomic mass is 32.2. The van der Waals surface area contributed by atoms with Gasteiger partial charge in [-0.05, 0) is 43.2 Å². The quantitative estimate of drug-likeness (QED) is 0.777. The summed E-state index contributed by atoms with van der Waals surface area (Å²) in [5, 5.41) is 12.0. The van der Waals surface area contributed by atoms with E-state index in [4.69, 9.17) is 4.74 Å². The molecule has 1 amide bonds. The number of ether oxygens (including phenoxy) is 1. The zero-order valence-electron chi connectivity index (χ0n) is 12.9. The van der Waals surface area contributed by atoms with Gasteiger partial charge >= 0.3 is 5.97 Å². The molecule has 0 spiro atoms. The van der Waals surface area contributed by atoms with E-state index >= 15 is 0 Å². The van der Waals surface area contributed by atoms with Crippen molar-refractivity contribution in [3.8, 4) is 0 Å². The lowest BCUT2D eigenvalue weighted by Gasteiger charge is -2.27. The number of amides is 1. The summed E-state index contributed by atoms with van der Waals surface area (Å²) < 4.78 is 18.7. The molecule has 0 radical (unpaired) electrons. The van der Waals surface area contributed by atoms with Gasteiger partial charge in [-0.1, -0.05) is 0 Å². The van der Waals surface area contributed by atoms with Crippen molar-refractivity contribution in [2.24, 2.45) is 11.8 Å². The number of nitrogens with one attached hydrogen (secondary N) is 1. The van der Waals surface area contributed by atoms with Gasteiger partial charge in [0.15, 0.2) is 0 Å². The van der Waals surface area contributed by atoms with E-state index in [0.717, 1.165) is 0 Å². The van der Waals surface area contributed by atoms with E-state index in [0.29, 0.717) is 36.5 Å². The fraction of sp³-hybridized carbons (Fsp3) is 0.500. The van der Waals surface area contributed by atoms with Gasteiger partial charge in [-0.2, -0.15) is 0 Å². The van der Waals surface area contributed by atoms with Crippen LogP contribution in [0.1, 0.15) is 23.2 Å². The molecule has 0 saturated carbocycles. The lowest BCUT2D eigenvalue weighted by molar-refractivity contribution is -0.144. The molecule has 2 rings (SSSR count). The van der Waals surface area contributed by atoms with Crippen LogP contribution < -0.4 is 5.32 Å². The van der Waals surface area contributed by atoms with E-state index in [1.165, 1.54) is 30.0 Å². The Morgan fingerprint density at radius 3 is 2.74 bits per heavy atom. The summed E-state index contributed by atoms with van der Waals surface area (Å²) in [7, 11) is 0. The molecule has 1 aliphatic rings. The first-order valence-corrected chi connectivity index (χ1v) is 8.67. The first kappa shape index (κ1) is 17.7. The van der Waals surface area contributed by atoms with Crippen LogP contribution in [0.3, 0.4) is 0 Å². The van der Waals surface area contributed by atoms with E-state index in [9.17, 15) is 19.1 Å². The highest BCUT2D eigenvalue weighted by Crippen LogP contribution is 2.24. The van der Waals surface area contributed by atoms with Crippen LogP contribution in [0.2, 0.25) is 0 Å². The molecule has 0 bridgehead atoms. The molecular formula is C16H20FNO4S. The molecule has 1 aliphatic heterocycles. The van der Waals surface area contributed by atoms with Crippen LogP contribution in [0.5, 0.6) is 0 Å². The number of aliphatic carboxylic acids is 1. The number of hydrogen-bond donors (Lipinski definition) is 2. The third kappa shape index (κ3) is 4.68. The molecular weight excluding hydrogens is 321 g/mol. The number of carbonyl (C=O) groups is 2. The first-order valence-electron chi connectivity index (χ1n) is 7.45. The van der Waals surface area contributed by atoms with Crippen molar-refractivity contribution in [2.45, 2.75) is 17.7 Å². The molecule has 1 fully saturated rings. The van der Waals surface area contributed by atoms with Gasteiger partial charge in [0.1, 0.15) is 5.82 Å². The van der Waals surface area contributed by atoms with Gasteiger partial charge in [-0.25, -0.2) is 4.39 Å². The van der Waals surface area contributed by atoms with E-state index in [2.05, 4.69) is 5.32 Å². The van der Waals surface area contributed by atoms with Crippen molar-refractivity contribution in [2.75, 3.05) is 26.0 Å². The maximum Gasteiger partial charge on any atom is 0.308 e. The Morgan fingerprint density at radius 2 is 2.13 bits per heavy atom. The second kappa shape index (κ2) is 8.31. The Labute approximate surface area is 138 Å². The van der Waals surface area contributed by atoms with Crippen LogP contribution in [-0.2, 0) is 9.53 Å². The fourth-order valence-corrected chi connectivity index (χ4v) is 3.19. The van der Waals surface area contributed by atoms with E-state index in [-0.39, 0.29) is 18.3 Å². The highest BCUT2D eigenvalue weighted by Gasteiger charge is 2.30. The predicted octanol–water partition coefficient (Wildman–Crippen LogP) is 2.40. The molecule has 7 heteroatoms. The monoisotopic (exact) mass is 341 g/mol. The lowest BCUT2D eigenvalue weighted by Crippen LogP contribution is -2.39. The summed E-state index contributed by atoms with van der Waals surface area (Å²) in [6, 6.07) is 4.11. The number of carboxylic acid groups (broad SMARTS) is 1. The zero-order valence-corrected chi connectivity index (χ0v) is 13.7. The average molecular weight is 341 g/mol. The second-order valence-corrected chi connectivity index (χ2v) is 6.30. The molecule has 1 aromatic carbocycles. The van der Waals surface area contributed by atoms with Gasteiger partial charge in [0.25, 0.3) is 5.91 Å². The minimum absolute atomic E-state index is 0.00322. The normalized spacial score (nSPS) is 16.8. The number of thioether (sulfide) groups is 1. The summed E-state index contributed by atoms with van der Waals surface area (Å²) in [5.74, 6) is -2.32. The van der Waals surface area contributed by atoms with Crippen LogP contribution >= 0.6 is 11.8 Å². The average Bonchev–Trinajstić information content (AvgIpc) is 2.56. The van der Waals surface area contributed by atoms with Crippen molar-refractivity contribution < 1.29 is 23.8 Å². The summed E-state index contributed by atoms with van der Waals surface area (Å²) in [6.45, 7) is 1.17. The van der Waals surface area contributed by atoms with E-state index < -0.39 is 17.8 Å². The number of hydrogen-bond acceptors (Lipinski definition) is 4. The van der Waals surface area contributed by atoms with Crippen LogP contribution in [0.25, 0.3) is 0 Å². The maximum atomic E-state index is 13.5. The number of carbonyl (C=O) groups excluding carboxylic acids is 1. The van der Waals surface area contributed by atoms with E-state index in [1.54, 1.807) is 6.26 Å². The molecule has 1 heterocycles. The molecule has 0 aliphatic carbocycles. The number of benzene rings is 1. The van der Waals surface area contributed by atoms with Gasteiger partial charge in [0, 0.05) is 30.2 Å². The minimum Gasteiger partial charge on any atom is -0.481 e. The first-order chi connectivity index (χ1) is 11.0. The molecule has 2 N–H and O–H groups in total. The van der Waals surface area contributed by atoms with Crippen molar-refractivity contribution in [1.29, 1.82) is 0 Å². The second-order valence-electron chi connectivity index (χ2n) is 5.45. The summed E-state index contributed by atoms with van der Waals surface area (Å²) in [4.78, 5) is 24.0. The minimum atomic E-state index is -0.916. The third-order valence-electron chi connectivity index (χ3n) is 4.05. The molecule has 126 valence electrons. The van der Waals surface area contributed by atoms with E-state index in [1.807, 2.05) is 0 Å². The predicted molar refractivity (Wildman–Crippen MR) is 85.2 cm³/mol. The molecule has 23 heavy (non-hydrogen) atoms. The Balaban J connectivity index is 1.99. The third-order valence-corrected chi connectivity index (χ3v) is 4.80. The molecule has 1 atom stereocenters. The summed E-state index contributed by atoms with van der Waals surface area (Å²) in [6.07, 6.45) is 3.09. The van der Waals surface area contributed by atoms with Crippen molar-refractivity contribution in [3.63, 3.8) is 0 Å². The maximum absolute atomic E-state index is 13.5. The summed E-state index contributed by atoms with van der Waals surface area (Å²) >= 11 is 1.22. The Kier molecular flexibility index (Phi) is 6.41. The zero-order chi connectivity index (χ0) is 16.8. The number of halogens is 1. The largest absolute Gasteiger partial charge is 0.481 e. The van der Waals surface area contributed by atoms with Crippen LogP contribution in [0.15, 0.2) is 23.1 Å². The molecule has 1 saturated heterocycles. The lowest BCUT2D eigenvalue weighted by atomic mass is 9.86. The van der Waals surface area contributed by atoms with Crippen molar-refractivity contribution >= 4 is 23.6 Å². The SMILES string of the molecule is CSc1cc(C(=O)NCC(C(=O)O)C2CCOCC2)ccc1F. The van der Waals surface area contributed by atoms with Crippen molar-refractivity contribution in [1.82, 2.24) is 5.32 Å². The fourth-order valence-electron chi connectivity index (χ4n) is 2.68. The standard InChI is InChI=1S/C16H20FNO4S/c1-23-14-8-11(2-3-13(14)17)15(19)18-9-12(16(20)21)10-4-6-22-7-5-10/h2-3,8,10,12H,4-7,9H2,1H3,(H,18,19)(H,20,21). The Bertz CT molecular complexity index is 575.